The minimum absolute atomic E-state index is 0.189. The van der Waals surface area contributed by atoms with E-state index in [0.717, 1.165) is 21.8 Å². The quantitative estimate of drug-likeness (QED) is 0.845. The predicted octanol–water partition coefficient (Wildman–Crippen LogP) is 4.23. The molecule has 3 nitrogen and oxygen atoms in total. The third kappa shape index (κ3) is 2.60. The number of rotatable bonds is 2. The highest BCUT2D eigenvalue weighted by atomic mass is 79.9. The standard InChI is InChI=1S/C13H12Br2N2O/c14-9-3-4-11(10(15)7-9)17-12(18)13(8-16)5-1-2-6-13/h3-4,7H,1-2,5-6H2,(H,17,18). The molecule has 0 spiro atoms. The van der Waals surface area contributed by atoms with Gasteiger partial charge in [0.2, 0.25) is 5.91 Å². The molecule has 1 aromatic rings. The summed E-state index contributed by atoms with van der Waals surface area (Å²) < 4.78 is 1.74. The molecule has 1 amide bonds. The smallest absolute Gasteiger partial charge is 0.244 e. The number of anilines is 1. The zero-order chi connectivity index (χ0) is 13.2. The van der Waals surface area contributed by atoms with Gasteiger partial charge in [-0.1, -0.05) is 28.8 Å². The zero-order valence-electron chi connectivity index (χ0n) is 9.67. The van der Waals surface area contributed by atoms with Crippen LogP contribution in [0.3, 0.4) is 0 Å². The van der Waals surface area contributed by atoms with Gasteiger partial charge in [0.1, 0.15) is 5.41 Å². The van der Waals surface area contributed by atoms with Crippen molar-refractivity contribution in [2.24, 2.45) is 5.41 Å². The van der Waals surface area contributed by atoms with E-state index in [1.165, 1.54) is 0 Å². The van der Waals surface area contributed by atoms with Crippen LogP contribution in [-0.2, 0) is 4.79 Å². The van der Waals surface area contributed by atoms with Crippen LogP contribution in [0, 0.1) is 16.7 Å². The van der Waals surface area contributed by atoms with Gasteiger partial charge in [-0.2, -0.15) is 5.26 Å². The number of carbonyl (C=O) groups excluding carboxylic acids is 1. The molecule has 2 rings (SSSR count). The SMILES string of the molecule is N#CC1(C(=O)Nc2ccc(Br)cc2Br)CCCC1. The van der Waals surface area contributed by atoms with Crippen molar-refractivity contribution in [1.82, 2.24) is 0 Å². The van der Waals surface area contributed by atoms with Crippen molar-refractivity contribution in [1.29, 1.82) is 5.26 Å². The summed E-state index contributed by atoms with van der Waals surface area (Å²) >= 11 is 6.75. The summed E-state index contributed by atoms with van der Waals surface area (Å²) in [6.07, 6.45) is 3.21. The second-order valence-corrected chi connectivity index (χ2v) is 6.25. The normalized spacial score (nSPS) is 17.2. The number of benzene rings is 1. The molecule has 1 N–H and O–H groups in total. The molecular formula is C13H12Br2N2O. The maximum atomic E-state index is 12.2. The van der Waals surface area contributed by atoms with E-state index in [-0.39, 0.29) is 5.91 Å². The maximum Gasteiger partial charge on any atom is 0.244 e. The first-order chi connectivity index (χ1) is 8.57. The van der Waals surface area contributed by atoms with E-state index in [1.807, 2.05) is 18.2 Å². The fourth-order valence-corrected chi connectivity index (χ4v) is 3.35. The average molecular weight is 372 g/mol. The lowest BCUT2D eigenvalue weighted by molar-refractivity contribution is -0.122. The first-order valence-electron chi connectivity index (χ1n) is 5.75. The maximum absolute atomic E-state index is 12.2. The Hall–Kier alpha value is -0.860. The number of nitrogens with zero attached hydrogens (tertiary/aromatic N) is 1. The van der Waals surface area contributed by atoms with E-state index in [2.05, 4.69) is 43.2 Å². The largest absolute Gasteiger partial charge is 0.324 e. The van der Waals surface area contributed by atoms with Crippen LogP contribution in [0.25, 0.3) is 0 Å². The lowest BCUT2D eigenvalue weighted by Crippen LogP contribution is -2.32. The van der Waals surface area contributed by atoms with Crippen LogP contribution in [-0.4, -0.2) is 5.91 Å². The average Bonchev–Trinajstić information content (AvgIpc) is 2.82. The molecule has 18 heavy (non-hydrogen) atoms. The van der Waals surface area contributed by atoms with Gasteiger partial charge in [-0.05, 0) is 47.0 Å². The summed E-state index contributed by atoms with van der Waals surface area (Å²) in [5.74, 6) is -0.189. The number of halogens is 2. The van der Waals surface area contributed by atoms with Gasteiger partial charge in [-0.15, -0.1) is 0 Å². The Morgan fingerprint density at radius 1 is 1.33 bits per heavy atom. The Morgan fingerprint density at radius 2 is 2.00 bits per heavy atom. The number of hydrogen-bond acceptors (Lipinski definition) is 2. The van der Waals surface area contributed by atoms with Crippen molar-refractivity contribution < 1.29 is 4.79 Å². The highest BCUT2D eigenvalue weighted by Gasteiger charge is 2.41. The summed E-state index contributed by atoms with van der Waals surface area (Å²) in [5, 5.41) is 12.1. The Labute approximate surface area is 123 Å². The van der Waals surface area contributed by atoms with Crippen LogP contribution in [0.5, 0.6) is 0 Å². The highest BCUT2D eigenvalue weighted by molar-refractivity contribution is 9.11. The summed E-state index contributed by atoms with van der Waals surface area (Å²) in [4.78, 5) is 12.2. The molecule has 1 saturated carbocycles. The van der Waals surface area contributed by atoms with E-state index in [0.29, 0.717) is 18.5 Å². The molecule has 0 aromatic heterocycles. The molecule has 0 bridgehead atoms. The summed E-state index contributed by atoms with van der Waals surface area (Å²) in [7, 11) is 0. The molecule has 0 unspecified atom stereocenters. The van der Waals surface area contributed by atoms with Crippen LogP contribution in [0.4, 0.5) is 5.69 Å². The Balaban J connectivity index is 2.19. The van der Waals surface area contributed by atoms with E-state index in [9.17, 15) is 10.1 Å². The molecular weight excluding hydrogens is 360 g/mol. The Bertz CT molecular complexity index is 516. The van der Waals surface area contributed by atoms with Crippen LogP contribution >= 0.6 is 31.9 Å². The van der Waals surface area contributed by atoms with Crippen molar-refractivity contribution >= 4 is 43.5 Å². The van der Waals surface area contributed by atoms with Crippen LogP contribution in [0.1, 0.15) is 25.7 Å². The number of amides is 1. The highest BCUT2D eigenvalue weighted by Crippen LogP contribution is 2.39. The van der Waals surface area contributed by atoms with E-state index in [1.54, 1.807) is 0 Å². The molecule has 94 valence electrons. The summed E-state index contributed by atoms with van der Waals surface area (Å²) in [5.41, 5.74) is -0.142. The third-order valence-electron chi connectivity index (χ3n) is 3.29. The molecule has 1 fully saturated rings. The van der Waals surface area contributed by atoms with Crippen LogP contribution in [0.2, 0.25) is 0 Å². The molecule has 1 aromatic carbocycles. The predicted molar refractivity (Wildman–Crippen MR) is 77.0 cm³/mol. The first-order valence-corrected chi connectivity index (χ1v) is 7.34. The summed E-state index contributed by atoms with van der Waals surface area (Å²) in [6.45, 7) is 0. The van der Waals surface area contributed by atoms with Gasteiger partial charge >= 0.3 is 0 Å². The Kier molecular flexibility index (Phi) is 4.08. The lowest BCUT2D eigenvalue weighted by atomic mass is 9.87. The molecule has 1 aliphatic carbocycles. The van der Waals surface area contributed by atoms with Crippen LogP contribution < -0.4 is 5.32 Å². The number of carbonyl (C=O) groups is 1. The lowest BCUT2D eigenvalue weighted by Gasteiger charge is -2.19. The van der Waals surface area contributed by atoms with Crippen molar-refractivity contribution in [3.63, 3.8) is 0 Å². The van der Waals surface area contributed by atoms with E-state index in [4.69, 9.17) is 0 Å². The van der Waals surface area contributed by atoms with Gasteiger partial charge in [-0.25, -0.2) is 0 Å². The van der Waals surface area contributed by atoms with Gasteiger partial charge in [0.05, 0.1) is 11.8 Å². The van der Waals surface area contributed by atoms with Crippen molar-refractivity contribution in [2.75, 3.05) is 5.32 Å². The number of nitrogens with one attached hydrogen (secondary N) is 1. The number of nitriles is 1. The molecule has 1 aliphatic rings. The van der Waals surface area contributed by atoms with Crippen molar-refractivity contribution in [3.8, 4) is 6.07 Å². The monoisotopic (exact) mass is 370 g/mol. The van der Waals surface area contributed by atoms with Gasteiger partial charge in [0, 0.05) is 8.95 Å². The molecule has 5 heteroatoms. The molecule has 0 aliphatic heterocycles. The van der Waals surface area contributed by atoms with Crippen molar-refractivity contribution in [3.05, 3.63) is 27.1 Å². The van der Waals surface area contributed by atoms with Crippen LogP contribution in [0.15, 0.2) is 27.1 Å². The minimum Gasteiger partial charge on any atom is -0.324 e. The van der Waals surface area contributed by atoms with Crippen molar-refractivity contribution in [2.45, 2.75) is 25.7 Å². The zero-order valence-corrected chi connectivity index (χ0v) is 12.8. The second-order valence-electron chi connectivity index (χ2n) is 4.48. The second kappa shape index (κ2) is 5.41. The molecule has 0 atom stereocenters. The Morgan fingerprint density at radius 3 is 2.56 bits per heavy atom. The summed E-state index contributed by atoms with van der Waals surface area (Å²) in [6, 6.07) is 7.72. The third-order valence-corrected chi connectivity index (χ3v) is 4.43. The molecule has 0 heterocycles. The van der Waals surface area contributed by atoms with Gasteiger partial charge < -0.3 is 5.32 Å². The topological polar surface area (TPSA) is 52.9 Å². The molecule has 0 saturated heterocycles. The first kappa shape index (κ1) is 13.6. The van der Waals surface area contributed by atoms with Gasteiger partial charge in [-0.3, -0.25) is 4.79 Å². The van der Waals surface area contributed by atoms with Gasteiger partial charge in [0.15, 0.2) is 0 Å². The minimum atomic E-state index is -0.841. The number of hydrogen-bond donors (Lipinski definition) is 1. The van der Waals surface area contributed by atoms with E-state index >= 15 is 0 Å². The van der Waals surface area contributed by atoms with Gasteiger partial charge in [0.25, 0.3) is 0 Å². The van der Waals surface area contributed by atoms with E-state index < -0.39 is 5.41 Å². The fourth-order valence-electron chi connectivity index (χ4n) is 2.20. The molecule has 0 radical (unpaired) electrons. The fraction of sp³-hybridized carbons (Fsp3) is 0.385.